The summed E-state index contributed by atoms with van der Waals surface area (Å²) in [5.41, 5.74) is 17.5. The van der Waals surface area contributed by atoms with Crippen LogP contribution in [0.5, 0.6) is 0 Å². The smallest absolute Gasteiger partial charge is 0.185 e. The average molecular weight is 478 g/mol. The third-order valence-corrected chi connectivity index (χ3v) is 6.85. The second kappa shape index (κ2) is 11.1. The van der Waals surface area contributed by atoms with Crippen LogP contribution in [0.2, 0.25) is 0 Å². The predicted molar refractivity (Wildman–Crippen MR) is 120 cm³/mol. The van der Waals surface area contributed by atoms with Gasteiger partial charge >= 0.3 is 0 Å². The van der Waals surface area contributed by atoms with Gasteiger partial charge in [0.1, 0.15) is 30.0 Å². The summed E-state index contributed by atoms with van der Waals surface area (Å²) in [4.78, 5) is 2.04. The molecule has 194 valence electrons. The summed E-state index contributed by atoms with van der Waals surface area (Å²) in [5.74, 6) is 0. The highest BCUT2D eigenvalue weighted by molar-refractivity contribution is 5.02. The van der Waals surface area contributed by atoms with Gasteiger partial charge in [-0.2, -0.15) is 0 Å². The van der Waals surface area contributed by atoms with Crippen molar-refractivity contribution in [1.29, 1.82) is 0 Å². The average Bonchev–Trinajstić information content (AvgIpc) is 2.71. The van der Waals surface area contributed by atoms with Gasteiger partial charge in [0.2, 0.25) is 0 Å². The van der Waals surface area contributed by atoms with Gasteiger partial charge in [0.05, 0.1) is 24.8 Å². The summed E-state index contributed by atoms with van der Waals surface area (Å²) in [7, 11) is 5.57. The van der Waals surface area contributed by atoms with E-state index in [2.05, 4.69) is 5.32 Å². The van der Waals surface area contributed by atoms with E-state index in [1.165, 1.54) is 0 Å². The molecule has 12 atom stereocenters. The van der Waals surface area contributed by atoms with Crippen molar-refractivity contribution in [3.8, 4) is 0 Å². The molecule has 1 saturated carbocycles. The third kappa shape index (κ3) is 6.21. The number of aliphatic hydroxyl groups excluding tert-OH is 2. The van der Waals surface area contributed by atoms with E-state index in [-0.39, 0.29) is 18.8 Å². The van der Waals surface area contributed by atoms with E-state index in [1.54, 1.807) is 14.0 Å². The Morgan fingerprint density at radius 3 is 2.18 bits per heavy atom. The molecule has 0 aromatic rings. The van der Waals surface area contributed by atoms with Crippen LogP contribution < -0.4 is 22.5 Å². The molecule has 1 aliphatic carbocycles. The van der Waals surface area contributed by atoms with Crippen molar-refractivity contribution in [1.82, 2.24) is 10.2 Å². The SMILES string of the molecule is CN[C@H]1[C@H](O)[C@H](O[C@@H]2[C@@H](O)[C@H](O[C@H]3O[C@H](CN(C)C)CC[C@H]3N)[C@@H](N)C[C@H]2N)OC[C@@]1(C)O. The largest absolute Gasteiger partial charge is 0.388 e. The number of hydrogen-bond donors (Lipinski definition) is 7. The summed E-state index contributed by atoms with van der Waals surface area (Å²) in [6, 6.07) is -2.20. The van der Waals surface area contributed by atoms with Crippen LogP contribution in [-0.2, 0) is 18.9 Å². The summed E-state index contributed by atoms with van der Waals surface area (Å²) in [5, 5.41) is 35.2. The molecule has 33 heavy (non-hydrogen) atoms. The molecule has 0 spiro atoms. The molecule has 0 aromatic carbocycles. The molecule has 0 bridgehead atoms. The maximum absolute atomic E-state index is 11.1. The van der Waals surface area contributed by atoms with Gasteiger partial charge in [0, 0.05) is 18.6 Å². The standard InChI is InChI=1S/C21H43N5O7/c1-21(29)9-30-20(15(28)18(21)25-2)33-17-13(24)7-12(23)16(14(17)27)32-19-11(22)6-5-10(31-19)8-26(3)4/h10-20,25,27-29H,5-9,22-24H2,1-4H3/t10-,11+,12-,13+,14-,15-,16+,17-,18-,19+,20-,21+/m0/s1. The Morgan fingerprint density at radius 2 is 1.61 bits per heavy atom. The zero-order valence-electron chi connectivity index (χ0n) is 20.0. The van der Waals surface area contributed by atoms with Crippen molar-refractivity contribution in [2.45, 2.75) is 99.1 Å². The van der Waals surface area contributed by atoms with Gasteiger partial charge in [-0.15, -0.1) is 0 Å². The lowest BCUT2D eigenvalue weighted by Gasteiger charge is -2.48. The Kier molecular flexibility index (Phi) is 9.09. The fraction of sp³-hybridized carbons (Fsp3) is 1.00. The third-order valence-electron chi connectivity index (χ3n) is 6.85. The lowest BCUT2D eigenvalue weighted by molar-refractivity contribution is -0.307. The lowest BCUT2D eigenvalue weighted by Crippen LogP contribution is -2.68. The van der Waals surface area contributed by atoms with Crippen molar-refractivity contribution in [3.63, 3.8) is 0 Å². The number of nitrogens with one attached hydrogen (secondary N) is 1. The first-order chi connectivity index (χ1) is 15.4. The lowest BCUT2D eigenvalue weighted by atomic mass is 9.84. The van der Waals surface area contributed by atoms with Gasteiger partial charge in [-0.05, 0) is 47.3 Å². The number of likely N-dealkylation sites (N-methyl/N-ethyl adjacent to an activating group) is 2. The van der Waals surface area contributed by atoms with Crippen molar-refractivity contribution >= 4 is 0 Å². The van der Waals surface area contributed by atoms with Crippen LogP contribution in [-0.4, -0.2) is 127 Å². The molecule has 2 aliphatic heterocycles. The molecular weight excluding hydrogens is 434 g/mol. The van der Waals surface area contributed by atoms with Crippen molar-refractivity contribution < 1.29 is 34.3 Å². The molecule has 0 radical (unpaired) electrons. The highest BCUT2D eigenvalue weighted by Gasteiger charge is 2.50. The second-order valence-corrected chi connectivity index (χ2v) is 10.2. The van der Waals surface area contributed by atoms with E-state index in [0.29, 0.717) is 6.42 Å². The van der Waals surface area contributed by atoms with Crippen LogP contribution in [0, 0.1) is 0 Å². The van der Waals surface area contributed by atoms with E-state index >= 15 is 0 Å². The maximum Gasteiger partial charge on any atom is 0.185 e. The zero-order valence-corrected chi connectivity index (χ0v) is 20.0. The van der Waals surface area contributed by atoms with E-state index in [1.807, 2.05) is 19.0 Å². The van der Waals surface area contributed by atoms with Gasteiger partial charge in [0.15, 0.2) is 12.6 Å². The number of aliphatic hydroxyl groups is 3. The Hall–Kier alpha value is -0.480. The number of nitrogens with two attached hydrogens (primary N) is 3. The van der Waals surface area contributed by atoms with Crippen LogP contribution in [0.4, 0.5) is 0 Å². The van der Waals surface area contributed by atoms with E-state index in [4.69, 9.17) is 36.1 Å². The number of ether oxygens (including phenoxy) is 4. The van der Waals surface area contributed by atoms with Crippen LogP contribution in [0.15, 0.2) is 0 Å². The molecule has 3 fully saturated rings. The van der Waals surface area contributed by atoms with E-state index in [0.717, 1.165) is 19.4 Å². The van der Waals surface area contributed by atoms with Crippen molar-refractivity contribution in [2.24, 2.45) is 17.2 Å². The van der Waals surface area contributed by atoms with Gasteiger partial charge in [-0.1, -0.05) is 0 Å². The minimum Gasteiger partial charge on any atom is -0.388 e. The van der Waals surface area contributed by atoms with Gasteiger partial charge in [-0.25, -0.2) is 0 Å². The van der Waals surface area contributed by atoms with Crippen molar-refractivity contribution in [2.75, 3.05) is 34.3 Å². The minimum atomic E-state index is -1.28. The molecule has 3 aliphatic rings. The molecule has 12 nitrogen and oxygen atoms in total. The molecular formula is C21H43N5O7. The summed E-state index contributed by atoms with van der Waals surface area (Å²) >= 11 is 0. The monoisotopic (exact) mass is 477 g/mol. The Balaban J connectivity index is 1.67. The normalized spacial score (nSPS) is 49.4. The molecule has 2 heterocycles. The first-order valence-electron chi connectivity index (χ1n) is 11.7. The molecule has 2 saturated heterocycles. The predicted octanol–water partition coefficient (Wildman–Crippen LogP) is -3.37. The molecule has 0 unspecified atom stereocenters. The quantitative estimate of drug-likeness (QED) is 0.193. The summed E-state index contributed by atoms with van der Waals surface area (Å²) in [6.07, 6.45) is -4.09. The molecule has 10 N–H and O–H groups in total. The van der Waals surface area contributed by atoms with Crippen LogP contribution in [0.25, 0.3) is 0 Å². The van der Waals surface area contributed by atoms with Crippen LogP contribution in [0.1, 0.15) is 26.2 Å². The number of hydrogen-bond acceptors (Lipinski definition) is 12. The van der Waals surface area contributed by atoms with Gasteiger partial charge in [0.25, 0.3) is 0 Å². The first kappa shape index (κ1) is 27.1. The molecule has 0 aromatic heterocycles. The van der Waals surface area contributed by atoms with E-state index in [9.17, 15) is 15.3 Å². The summed E-state index contributed by atoms with van der Waals surface area (Å²) in [6.45, 7) is 2.24. The Labute approximate surface area is 195 Å². The van der Waals surface area contributed by atoms with Gasteiger partial charge in [-0.3, -0.25) is 0 Å². The molecule has 3 rings (SSSR count). The Morgan fingerprint density at radius 1 is 1.00 bits per heavy atom. The number of nitrogens with zero attached hydrogens (tertiary/aromatic N) is 1. The minimum absolute atomic E-state index is 0.0342. The van der Waals surface area contributed by atoms with E-state index < -0.39 is 60.7 Å². The molecule has 0 amide bonds. The molecule has 12 heteroatoms. The Bertz CT molecular complexity index is 630. The first-order valence-corrected chi connectivity index (χ1v) is 11.7. The van der Waals surface area contributed by atoms with Crippen LogP contribution in [0.3, 0.4) is 0 Å². The zero-order chi connectivity index (χ0) is 24.5. The number of rotatable bonds is 7. The second-order valence-electron chi connectivity index (χ2n) is 10.2. The maximum atomic E-state index is 11.1. The van der Waals surface area contributed by atoms with Crippen molar-refractivity contribution in [3.05, 3.63) is 0 Å². The topological polar surface area (TPSA) is 191 Å². The summed E-state index contributed by atoms with van der Waals surface area (Å²) < 4.78 is 23.7. The highest BCUT2D eigenvalue weighted by Crippen LogP contribution is 2.31. The highest BCUT2D eigenvalue weighted by atomic mass is 16.7. The fourth-order valence-corrected chi connectivity index (χ4v) is 5.06. The fourth-order valence-electron chi connectivity index (χ4n) is 5.06. The van der Waals surface area contributed by atoms with Gasteiger partial charge < -0.3 is 61.7 Å². The van der Waals surface area contributed by atoms with Crippen LogP contribution >= 0.6 is 0 Å².